The van der Waals surface area contributed by atoms with Crippen LogP contribution in [0.3, 0.4) is 0 Å². The number of rotatable bonds is 4. The molecule has 1 atom stereocenters. The minimum absolute atomic E-state index is 0.0730. The third-order valence-corrected chi connectivity index (χ3v) is 5.24. The number of carbonyl (C=O) groups is 2. The minimum atomic E-state index is -0.904. The highest BCUT2D eigenvalue weighted by atomic mass is 16.5. The molecule has 6 nitrogen and oxygen atoms in total. The Labute approximate surface area is 147 Å². The average molecular weight is 347 g/mol. The van der Waals surface area contributed by atoms with Crippen molar-refractivity contribution in [2.24, 2.45) is 0 Å². The Bertz CT molecular complexity index is 638. The summed E-state index contributed by atoms with van der Waals surface area (Å²) in [6, 6.07) is 8.02. The maximum absolute atomic E-state index is 13.5. The van der Waals surface area contributed by atoms with E-state index in [1.165, 1.54) is 0 Å². The molecular formula is C19H25NO5. The van der Waals surface area contributed by atoms with Crippen LogP contribution in [-0.2, 0) is 24.5 Å². The number of aliphatic carboxylic acids is 1. The first-order valence-electron chi connectivity index (χ1n) is 8.79. The van der Waals surface area contributed by atoms with Crippen molar-refractivity contribution < 1.29 is 24.2 Å². The number of amides is 1. The SMILES string of the molecule is Cc1ccccc1C1(C(=O)N2CCOC(CC(=O)O)C2)CCOCC1. The summed E-state index contributed by atoms with van der Waals surface area (Å²) in [5.41, 5.74) is 1.58. The van der Waals surface area contributed by atoms with Crippen LogP contribution in [-0.4, -0.2) is 60.9 Å². The quantitative estimate of drug-likeness (QED) is 0.898. The van der Waals surface area contributed by atoms with Gasteiger partial charge in [-0.2, -0.15) is 0 Å². The standard InChI is InChI=1S/C19H25NO5/c1-14-4-2-3-5-16(14)19(6-9-24-10-7-19)18(23)20-8-11-25-15(13-20)12-17(21)22/h2-5,15H,6-13H2,1H3,(H,21,22). The van der Waals surface area contributed by atoms with Gasteiger partial charge in [0.1, 0.15) is 0 Å². The summed E-state index contributed by atoms with van der Waals surface area (Å²) in [5, 5.41) is 9.00. The zero-order chi connectivity index (χ0) is 17.9. The number of aryl methyl sites for hydroxylation is 1. The van der Waals surface area contributed by atoms with E-state index in [9.17, 15) is 9.59 Å². The molecule has 1 amide bonds. The number of benzene rings is 1. The van der Waals surface area contributed by atoms with Crippen molar-refractivity contribution in [2.45, 2.75) is 37.7 Å². The second-order valence-corrected chi connectivity index (χ2v) is 6.85. The molecule has 136 valence electrons. The van der Waals surface area contributed by atoms with Crippen LogP contribution in [0.25, 0.3) is 0 Å². The van der Waals surface area contributed by atoms with E-state index < -0.39 is 17.5 Å². The summed E-state index contributed by atoms with van der Waals surface area (Å²) in [6.07, 6.45) is 0.781. The van der Waals surface area contributed by atoms with Crippen molar-refractivity contribution in [1.82, 2.24) is 4.90 Å². The fourth-order valence-electron chi connectivity index (χ4n) is 3.95. The number of ether oxygens (including phenoxy) is 2. The molecule has 2 aliphatic rings. The van der Waals surface area contributed by atoms with Crippen LogP contribution in [0, 0.1) is 6.92 Å². The van der Waals surface area contributed by atoms with E-state index in [2.05, 4.69) is 0 Å². The molecule has 6 heteroatoms. The monoisotopic (exact) mass is 347 g/mol. The highest BCUT2D eigenvalue weighted by Crippen LogP contribution is 2.38. The minimum Gasteiger partial charge on any atom is -0.481 e. The van der Waals surface area contributed by atoms with Gasteiger partial charge < -0.3 is 19.5 Å². The van der Waals surface area contributed by atoms with Gasteiger partial charge in [-0.15, -0.1) is 0 Å². The Hall–Kier alpha value is -1.92. The maximum Gasteiger partial charge on any atom is 0.306 e. The van der Waals surface area contributed by atoms with Gasteiger partial charge in [-0.3, -0.25) is 9.59 Å². The Morgan fingerprint density at radius 3 is 2.64 bits per heavy atom. The number of carboxylic acid groups (broad SMARTS) is 1. The zero-order valence-corrected chi connectivity index (χ0v) is 14.6. The lowest BCUT2D eigenvalue weighted by Crippen LogP contribution is -2.55. The number of nitrogens with zero attached hydrogens (tertiary/aromatic N) is 1. The van der Waals surface area contributed by atoms with E-state index >= 15 is 0 Å². The first kappa shape index (κ1) is 17.9. The van der Waals surface area contributed by atoms with E-state index in [1.54, 1.807) is 4.90 Å². The summed E-state index contributed by atoms with van der Waals surface area (Å²) in [6.45, 7) is 4.37. The van der Waals surface area contributed by atoms with Crippen molar-refractivity contribution in [2.75, 3.05) is 32.9 Å². The second-order valence-electron chi connectivity index (χ2n) is 6.85. The fourth-order valence-corrected chi connectivity index (χ4v) is 3.95. The summed E-state index contributed by atoms with van der Waals surface area (Å²) < 4.78 is 11.0. The van der Waals surface area contributed by atoms with Gasteiger partial charge in [-0.25, -0.2) is 0 Å². The third-order valence-electron chi connectivity index (χ3n) is 5.24. The fraction of sp³-hybridized carbons (Fsp3) is 0.579. The number of hydrogen-bond acceptors (Lipinski definition) is 4. The van der Waals surface area contributed by atoms with E-state index in [-0.39, 0.29) is 12.3 Å². The summed E-state index contributed by atoms with van der Waals surface area (Å²) in [7, 11) is 0. The number of carboxylic acids is 1. The lowest BCUT2D eigenvalue weighted by molar-refractivity contribution is -0.153. The Kier molecular flexibility index (Phi) is 5.39. The predicted octanol–water partition coefficient (Wildman–Crippen LogP) is 1.75. The van der Waals surface area contributed by atoms with Crippen molar-refractivity contribution in [3.8, 4) is 0 Å². The zero-order valence-electron chi connectivity index (χ0n) is 14.6. The molecule has 2 aliphatic heterocycles. The van der Waals surface area contributed by atoms with Crippen LogP contribution in [0.15, 0.2) is 24.3 Å². The molecule has 2 heterocycles. The molecule has 0 saturated carbocycles. The molecule has 2 saturated heterocycles. The van der Waals surface area contributed by atoms with Gasteiger partial charge in [-0.05, 0) is 30.9 Å². The number of carbonyl (C=O) groups excluding carboxylic acids is 1. The largest absolute Gasteiger partial charge is 0.481 e. The smallest absolute Gasteiger partial charge is 0.306 e. The van der Waals surface area contributed by atoms with Crippen molar-refractivity contribution in [3.63, 3.8) is 0 Å². The molecule has 1 unspecified atom stereocenters. The van der Waals surface area contributed by atoms with Gasteiger partial charge in [0.05, 0.1) is 24.5 Å². The van der Waals surface area contributed by atoms with Crippen LogP contribution >= 0.6 is 0 Å². The third kappa shape index (κ3) is 3.70. The molecule has 1 aromatic rings. The number of morpholine rings is 1. The van der Waals surface area contributed by atoms with Crippen LogP contribution in [0.2, 0.25) is 0 Å². The molecule has 1 N–H and O–H groups in total. The molecule has 2 fully saturated rings. The van der Waals surface area contributed by atoms with Gasteiger partial charge in [0, 0.05) is 26.3 Å². The summed E-state index contributed by atoms with van der Waals surface area (Å²) in [5.74, 6) is -0.831. The second kappa shape index (κ2) is 7.54. The van der Waals surface area contributed by atoms with Gasteiger partial charge in [-0.1, -0.05) is 24.3 Å². The Morgan fingerprint density at radius 2 is 1.96 bits per heavy atom. The van der Waals surface area contributed by atoms with Crippen LogP contribution in [0.5, 0.6) is 0 Å². The molecule has 1 aromatic carbocycles. The van der Waals surface area contributed by atoms with Crippen molar-refractivity contribution >= 4 is 11.9 Å². The normalized spacial score (nSPS) is 23.2. The van der Waals surface area contributed by atoms with Crippen LogP contribution in [0.1, 0.15) is 30.4 Å². The number of hydrogen-bond donors (Lipinski definition) is 1. The van der Waals surface area contributed by atoms with Crippen LogP contribution in [0.4, 0.5) is 0 Å². The molecule has 25 heavy (non-hydrogen) atoms. The molecule has 0 aromatic heterocycles. The van der Waals surface area contributed by atoms with Gasteiger partial charge in [0.25, 0.3) is 0 Å². The Morgan fingerprint density at radius 1 is 1.24 bits per heavy atom. The highest BCUT2D eigenvalue weighted by Gasteiger charge is 2.45. The van der Waals surface area contributed by atoms with E-state index in [0.29, 0.717) is 45.8 Å². The van der Waals surface area contributed by atoms with Gasteiger partial charge in [0.15, 0.2) is 0 Å². The van der Waals surface area contributed by atoms with Crippen molar-refractivity contribution in [1.29, 1.82) is 0 Å². The molecular weight excluding hydrogens is 322 g/mol. The first-order chi connectivity index (χ1) is 12.0. The summed E-state index contributed by atoms with van der Waals surface area (Å²) >= 11 is 0. The van der Waals surface area contributed by atoms with Gasteiger partial charge >= 0.3 is 5.97 Å². The highest BCUT2D eigenvalue weighted by molar-refractivity contribution is 5.89. The lowest BCUT2D eigenvalue weighted by atomic mass is 9.71. The average Bonchev–Trinajstić information content (AvgIpc) is 2.62. The van der Waals surface area contributed by atoms with Crippen molar-refractivity contribution in [3.05, 3.63) is 35.4 Å². The predicted molar refractivity (Wildman–Crippen MR) is 91.5 cm³/mol. The van der Waals surface area contributed by atoms with E-state index in [0.717, 1.165) is 11.1 Å². The van der Waals surface area contributed by atoms with Gasteiger partial charge in [0.2, 0.25) is 5.91 Å². The van der Waals surface area contributed by atoms with E-state index in [4.69, 9.17) is 14.6 Å². The molecule has 0 aliphatic carbocycles. The lowest BCUT2D eigenvalue weighted by Gasteiger charge is -2.43. The molecule has 0 bridgehead atoms. The maximum atomic E-state index is 13.5. The topological polar surface area (TPSA) is 76.1 Å². The molecule has 0 radical (unpaired) electrons. The summed E-state index contributed by atoms with van der Waals surface area (Å²) in [4.78, 5) is 26.3. The molecule has 3 rings (SSSR count). The van der Waals surface area contributed by atoms with E-state index in [1.807, 2.05) is 31.2 Å². The first-order valence-corrected chi connectivity index (χ1v) is 8.79. The van der Waals surface area contributed by atoms with Crippen LogP contribution < -0.4 is 0 Å². The molecule has 0 spiro atoms. The Balaban J connectivity index is 1.87.